The molecule has 1 N–H and O–H groups in total. The smallest absolute Gasteiger partial charge is 0.338 e. The Morgan fingerprint density at radius 1 is 1.00 bits per heavy atom. The van der Waals surface area contributed by atoms with Crippen LogP contribution in [-0.2, 0) is 19.6 Å². The van der Waals surface area contributed by atoms with E-state index in [0.717, 1.165) is 38.5 Å². The van der Waals surface area contributed by atoms with Gasteiger partial charge in [-0.25, -0.2) is 13.2 Å². The van der Waals surface area contributed by atoms with Gasteiger partial charge in [0.25, 0.3) is 5.91 Å². The summed E-state index contributed by atoms with van der Waals surface area (Å²) in [6, 6.07) is 5.86. The lowest BCUT2D eigenvalue weighted by Gasteiger charge is -2.34. The van der Waals surface area contributed by atoms with E-state index >= 15 is 0 Å². The van der Waals surface area contributed by atoms with Crippen LogP contribution >= 0.6 is 0 Å². The molecule has 3 rings (SSSR count). The maximum absolute atomic E-state index is 12.8. The Morgan fingerprint density at radius 3 is 2.29 bits per heavy atom. The van der Waals surface area contributed by atoms with E-state index in [2.05, 4.69) is 19.2 Å². The molecule has 2 aliphatic rings. The monoisotopic (exact) mass is 450 g/mol. The third-order valence-electron chi connectivity index (χ3n) is 6.68. The third kappa shape index (κ3) is 6.07. The Hall–Kier alpha value is -1.93. The van der Waals surface area contributed by atoms with Gasteiger partial charge in [0.1, 0.15) is 0 Å². The molecule has 1 saturated heterocycles. The quantitative estimate of drug-likeness (QED) is 0.671. The first-order valence-corrected chi connectivity index (χ1v) is 12.8. The molecule has 2 fully saturated rings. The van der Waals surface area contributed by atoms with E-state index in [9.17, 15) is 18.0 Å². The van der Waals surface area contributed by atoms with E-state index in [0.29, 0.717) is 24.9 Å². The summed E-state index contributed by atoms with van der Waals surface area (Å²) in [7, 11) is -3.56. The van der Waals surface area contributed by atoms with Crippen LogP contribution in [0, 0.1) is 11.8 Å². The Kier molecular flexibility index (Phi) is 8.11. The first kappa shape index (κ1) is 23.7. The second-order valence-corrected chi connectivity index (χ2v) is 10.8. The van der Waals surface area contributed by atoms with Crippen molar-refractivity contribution >= 4 is 21.9 Å². The standard InChI is InChI=1S/C23H34N2O5S/c1-17-8-7-9-21(18(17)2)24-22(26)16-30-23(27)19-10-12-20(13-11-19)31(28,29)25-14-5-3-4-6-15-25/h10-13,17-18,21H,3-9,14-16H2,1-2H3,(H,24,26)/t17-,18+,21+/m1/s1. The number of carbonyl (C=O) groups excluding carboxylic acids is 2. The van der Waals surface area contributed by atoms with Crippen LogP contribution in [0.5, 0.6) is 0 Å². The van der Waals surface area contributed by atoms with Gasteiger partial charge in [0.05, 0.1) is 10.5 Å². The summed E-state index contributed by atoms with van der Waals surface area (Å²) < 4.78 is 32.3. The van der Waals surface area contributed by atoms with Gasteiger partial charge in [0.2, 0.25) is 10.0 Å². The lowest BCUT2D eigenvalue weighted by molar-refractivity contribution is -0.125. The fraction of sp³-hybridized carbons (Fsp3) is 0.652. The number of hydrogen-bond acceptors (Lipinski definition) is 5. The number of esters is 1. The van der Waals surface area contributed by atoms with Gasteiger partial charge in [-0.2, -0.15) is 4.31 Å². The molecule has 1 saturated carbocycles. The minimum atomic E-state index is -3.56. The van der Waals surface area contributed by atoms with Crippen LogP contribution < -0.4 is 5.32 Å². The highest BCUT2D eigenvalue weighted by molar-refractivity contribution is 7.89. The molecule has 1 aliphatic heterocycles. The van der Waals surface area contributed by atoms with Crippen LogP contribution in [-0.4, -0.2) is 50.3 Å². The van der Waals surface area contributed by atoms with E-state index in [1.807, 2.05) is 0 Å². The van der Waals surface area contributed by atoms with E-state index in [1.165, 1.54) is 35.0 Å². The van der Waals surface area contributed by atoms with Gasteiger partial charge in [0, 0.05) is 19.1 Å². The highest BCUT2D eigenvalue weighted by Gasteiger charge is 2.28. The number of nitrogens with one attached hydrogen (secondary N) is 1. The Balaban J connectivity index is 1.53. The van der Waals surface area contributed by atoms with Gasteiger partial charge in [-0.3, -0.25) is 4.79 Å². The predicted molar refractivity (Wildman–Crippen MR) is 118 cm³/mol. The van der Waals surface area contributed by atoms with Crippen LogP contribution in [0.1, 0.15) is 69.2 Å². The molecule has 172 valence electrons. The zero-order chi connectivity index (χ0) is 22.4. The molecule has 0 unspecified atom stereocenters. The zero-order valence-corrected chi connectivity index (χ0v) is 19.3. The van der Waals surface area contributed by atoms with Crippen molar-refractivity contribution in [3.05, 3.63) is 29.8 Å². The summed E-state index contributed by atoms with van der Waals surface area (Å²) in [5.41, 5.74) is 0.224. The molecular weight excluding hydrogens is 416 g/mol. The van der Waals surface area contributed by atoms with Crippen molar-refractivity contribution in [1.82, 2.24) is 9.62 Å². The summed E-state index contributed by atoms with van der Waals surface area (Å²) >= 11 is 0. The van der Waals surface area contributed by atoms with Crippen molar-refractivity contribution in [3.63, 3.8) is 0 Å². The zero-order valence-electron chi connectivity index (χ0n) is 18.5. The van der Waals surface area contributed by atoms with Crippen molar-refractivity contribution in [2.75, 3.05) is 19.7 Å². The van der Waals surface area contributed by atoms with E-state index in [4.69, 9.17) is 4.74 Å². The van der Waals surface area contributed by atoms with Crippen molar-refractivity contribution in [2.45, 2.75) is 69.7 Å². The first-order valence-electron chi connectivity index (χ1n) is 11.4. The molecule has 0 spiro atoms. The molecule has 1 heterocycles. The van der Waals surface area contributed by atoms with E-state index in [1.54, 1.807) is 0 Å². The molecule has 31 heavy (non-hydrogen) atoms. The van der Waals surface area contributed by atoms with Crippen LogP contribution in [0.2, 0.25) is 0 Å². The number of ether oxygens (including phenoxy) is 1. The van der Waals surface area contributed by atoms with Crippen molar-refractivity contribution < 1.29 is 22.7 Å². The molecule has 7 nitrogen and oxygen atoms in total. The largest absolute Gasteiger partial charge is 0.452 e. The summed E-state index contributed by atoms with van der Waals surface area (Å²) in [6.07, 6.45) is 7.02. The fourth-order valence-corrected chi connectivity index (χ4v) is 5.96. The van der Waals surface area contributed by atoms with E-state index < -0.39 is 16.0 Å². The van der Waals surface area contributed by atoms with E-state index in [-0.39, 0.29) is 29.0 Å². The number of sulfonamides is 1. The molecule has 1 aromatic rings. The van der Waals surface area contributed by atoms with Crippen molar-refractivity contribution in [2.24, 2.45) is 11.8 Å². The molecule has 0 bridgehead atoms. The van der Waals surface area contributed by atoms with Crippen LogP contribution in [0.3, 0.4) is 0 Å². The minimum Gasteiger partial charge on any atom is -0.452 e. The van der Waals surface area contributed by atoms with Crippen LogP contribution in [0.15, 0.2) is 29.2 Å². The topological polar surface area (TPSA) is 92.8 Å². The highest BCUT2D eigenvalue weighted by Crippen LogP contribution is 2.29. The summed E-state index contributed by atoms with van der Waals surface area (Å²) in [5.74, 6) is 0.0106. The number of rotatable bonds is 6. The van der Waals surface area contributed by atoms with Gasteiger partial charge >= 0.3 is 5.97 Å². The molecular formula is C23H34N2O5S. The highest BCUT2D eigenvalue weighted by atomic mass is 32.2. The first-order chi connectivity index (χ1) is 14.8. The molecule has 1 aliphatic carbocycles. The Morgan fingerprint density at radius 2 is 1.65 bits per heavy atom. The van der Waals surface area contributed by atoms with Crippen LogP contribution in [0.25, 0.3) is 0 Å². The summed E-state index contributed by atoms with van der Waals surface area (Å²) in [6.45, 7) is 5.05. The van der Waals surface area contributed by atoms with Gasteiger partial charge in [-0.1, -0.05) is 39.5 Å². The van der Waals surface area contributed by atoms with Gasteiger partial charge in [-0.05, 0) is 55.4 Å². The van der Waals surface area contributed by atoms with Crippen LogP contribution in [0.4, 0.5) is 0 Å². The summed E-state index contributed by atoms with van der Waals surface area (Å²) in [4.78, 5) is 24.7. The maximum atomic E-state index is 12.8. The average Bonchev–Trinajstić information content (AvgIpc) is 3.05. The van der Waals surface area contributed by atoms with Gasteiger partial charge < -0.3 is 10.1 Å². The molecule has 1 aromatic carbocycles. The van der Waals surface area contributed by atoms with Gasteiger partial charge in [0.15, 0.2) is 6.61 Å². The number of benzene rings is 1. The lowest BCUT2D eigenvalue weighted by atomic mass is 9.78. The SMILES string of the molecule is C[C@H]1[C@H](C)CCC[C@@H]1NC(=O)COC(=O)c1ccc(S(=O)(=O)N2CCCCCC2)cc1. The minimum absolute atomic E-state index is 0.110. The number of hydrogen-bond donors (Lipinski definition) is 1. The Bertz CT molecular complexity index is 860. The number of carbonyl (C=O) groups is 2. The molecule has 8 heteroatoms. The third-order valence-corrected chi connectivity index (χ3v) is 8.59. The van der Waals surface area contributed by atoms with Gasteiger partial charge in [-0.15, -0.1) is 0 Å². The maximum Gasteiger partial charge on any atom is 0.338 e. The van der Waals surface area contributed by atoms with Crippen molar-refractivity contribution in [1.29, 1.82) is 0 Å². The molecule has 0 aromatic heterocycles. The summed E-state index contributed by atoms with van der Waals surface area (Å²) in [5, 5.41) is 2.98. The number of amides is 1. The second-order valence-electron chi connectivity index (χ2n) is 8.86. The Labute approximate surface area is 185 Å². The molecule has 0 radical (unpaired) electrons. The predicted octanol–water partition coefficient (Wildman–Crippen LogP) is 3.35. The average molecular weight is 451 g/mol. The fourth-order valence-electron chi connectivity index (χ4n) is 4.44. The molecule has 1 amide bonds. The lowest BCUT2D eigenvalue weighted by Crippen LogP contribution is -2.45. The molecule has 3 atom stereocenters. The normalized spacial score (nSPS) is 25.4. The number of nitrogens with zero attached hydrogens (tertiary/aromatic N) is 1. The van der Waals surface area contributed by atoms with Crippen molar-refractivity contribution in [3.8, 4) is 0 Å². The second kappa shape index (κ2) is 10.6.